The van der Waals surface area contributed by atoms with Gasteiger partial charge in [-0.3, -0.25) is 4.98 Å². The van der Waals surface area contributed by atoms with Crippen LogP contribution in [0, 0.1) is 6.92 Å². The molecule has 0 aliphatic heterocycles. The first kappa shape index (κ1) is 12.9. The van der Waals surface area contributed by atoms with Crippen LogP contribution >= 0.6 is 15.9 Å². The molecule has 2 aromatic rings. The summed E-state index contributed by atoms with van der Waals surface area (Å²) in [6.45, 7) is 4.43. The van der Waals surface area contributed by atoms with Gasteiger partial charge >= 0.3 is 0 Å². The van der Waals surface area contributed by atoms with E-state index in [9.17, 15) is 0 Å². The van der Waals surface area contributed by atoms with E-state index in [4.69, 9.17) is 4.98 Å². The zero-order chi connectivity index (χ0) is 13.4. The van der Waals surface area contributed by atoms with Crippen molar-refractivity contribution < 1.29 is 0 Å². The molecule has 1 heterocycles. The molecule has 1 nitrogen and oxygen atoms in total. The zero-order valence-corrected chi connectivity index (χ0v) is 13.0. The highest BCUT2D eigenvalue weighted by molar-refractivity contribution is 9.10. The molecule has 0 saturated heterocycles. The summed E-state index contributed by atoms with van der Waals surface area (Å²) < 4.78 is 1.09. The van der Waals surface area contributed by atoms with Crippen molar-refractivity contribution in [2.24, 2.45) is 0 Å². The van der Waals surface area contributed by atoms with Crippen molar-refractivity contribution in [1.29, 1.82) is 0 Å². The second-order valence-electron chi connectivity index (χ2n) is 5.36. The van der Waals surface area contributed by atoms with Crippen LogP contribution in [0.15, 0.2) is 34.9 Å². The third-order valence-electron chi connectivity index (χ3n) is 4.04. The molecule has 2 heteroatoms. The predicted octanol–water partition coefficient (Wildman–Crippen LogP) is 4.79. The molecule has 1 aliphatic rings. The molecule has 98 valence electrons. The minimum atomic E-state index is 0.446. The van der Waals surface area contributed by atoms with Crippen molar-refractivity contribution in [2.45, 2.75) is 39.0 Å². The molecule has 19 heavy (non-hydrogen) atoms. The normalized spacial score (nSPS) is 17.5. The van der Waals surface area contributed by atoms with Crippen molar-refractivity contribution in [3.8, 4) is 0 Å². The van der Waals surface area contributed by atoms with Gasteiger partial charge in [-0.15, -0.1) is 0 Å². The third-order valence-corrected chi connectivity index (χ3v) is 4.48. The number of rotatable bonds is 1. The lowest BCUT2D eigenvalue weighted by molar-refractivity contribution is 0.743. The van der Waals surface area contributed by atoms with Crippen LogP contribution in [0.2, 0.25) is 0 Å². The van der Waals surface area contributed by atoms with Gasteiger partial charge in [0.2, 0.25) is 0 Å². The number of fused-ring (bicyclic) bond motifs is 2. The molecule has 1 aromatic heterocycles. The van der Waals surface area contributed by atoms with E-state index < -0.39 is 0 Å². The van der Waals surface area contributed by atoms with E-state index in [1.165, 1.54) is 27.9 Å². The molecule has 0 spiro atoms. The van der Waals surface area contributed by atoms with Crippen molar-refractivity contribution in [1.82, 2.24) is 4.98 Å². The van der Waals surface area contributed by atoms with E-state index in [0.717, 1.165) is 23.7 Å². The smallest absolute Gasteiger partial charge is 0.0511 e. The van der Waals surface area contributed by atoms with Crippen molar-refractivity contribution in [3.63, 3.8) is 0 Å². The molecule has 1 aromatic carbocycles. The SMILES string of the molecule is CCC1c2ccc(C)cc2CCc2cc(Br)cnc21. The average molecular weight is 316 g/mol. The van der Waals surface area contributed by atoms with Crippen LogP contribution in [0.4, 0.5) is 0 Å². The highest BCUT2D eigenvalue weighted by Gasteiger charge is 2.23. The van der Waals surface area contributed by atoms with Gasteiger partial charge < -0.3 is 0 Å². The number of benzene rings is 1. The molecule has 0 amide bonds. The molecule has 0 saturated carbocycles. The quantitative estimate of drug-likeness (QED) is 0.737. The van der Waals surface area contributed by atoms with Gasteiger partial charge in [0.15, 0.2) is 0 Å². The standard InChI is InChI=1S/C17H18BrN/c1-3-15-16-7-4-11(2)8-12(16)5-6-13-9-14(18)10-19-17(13)15/h4,7-10,15H,3,5-6H2,1-2H3. The monoisotopic (exact) mass is 315 g/mol. The van der Waals surface area contributed by atoms with Crippen LogP contribution in [-0.2, 0) is 12.8 Å². The molecule has 1 unspecified atom stereocenters. The summed E-state index contributed by atoms with van der Waals surface area (Å²) in [5.74, 6) is 0.446. The number of nitrogens with zero attached hydrogens (tertiary/aromatic N) is 1. The number of aryl methyl sites for hydroxylation is 3. The Labute approximate surface area is 123 Å². The van der Waals surface area contributed by atoms with Crippen LogP contribution < -0.4 is 0 Å². The second kappa shape index (κ2) is 5.09. The third kappa shape index (κ3) is 2.34. The fraction of sp³-hybridized carbons (Fsp3) is 0.353. The van der Waals surface area contributed by atoms with Gasteiger partial charge in [-0.25, -0.2) is 0 Å². The summed E-state index contributed by atoms with van der Waals surface area (Å²) in [5.41, 5.74) is 7.00. The maximum Gasteiger partial charge on any atom is 0.0511 e. The molecule has 1 aliphatic carbocycles. The molecule has 0 bridgehead atoms. The molecular weight excluding hydrogens is 298 g/mol. The Balaban J connectivity index is 2.17. The summed E-state index contributed by atoms with van der Waals surface area (Å²) in [7, 11) is 0. The largest absolute Gasteiger partial charge is 0.259 e. The highest BCUT2D eigenvalue weighted by atomic mass is 79.9. The fourth-order valence-corrected chi connectivity index (χ4v) is 3.51. The van der Waals surface area contributed by atoms with Gasteiger partial charge in [-0.1, -0.05) is 30.7 Å². The van der Waals surface area contributed by atoms with E-state index in [2.05, 4.69) is 54.0 Å². The molecule has 0 N–H and O–H groups in total. The van der Waals surface area contributed by atoms with E-state index in [-0.39, 0.29) is 0 Å². The van der Waals surface area contributed by atoms with E-state index in [0.29, 0.717) is 5.92 Å². The van der Waals surface area contributed by atoms with Crippen molar-refractivity contribution in [2.75, 3.05) is 0 Å². The summed E-state index contributed by atoms with van der Waals surface area (Å²) in [6, 6.07) is 9.12. The highest BCUT2D eigenvalue weighted by Crippen LogP contribution is 2.36. The van der Waals surface area contributed by atoms with Gasteiger partial charge in [0.05, 0.1) is 5.69 Å². The van der Waals surface area contributed by atoms with E-state index >= 15 is 0 Å². The average Bonchev–Trinajstić information content (AvgIpc) is 2.54. The van der Waals surface area contributed by atoms with Crippen LogP contribution in [0.3, 0.4) is 0 Å². The van der Waals surface area contributed by atoms with Gasteiger partial charge in [0.1, 0.15) is 0 Å². The van der Waals surface area contributed by atoms with Gasteiger partial charge in [0.25, 0.3) is 0 Å². The fourth-order valence-electron chi connectivity index (χ4n) is 3.13. The summed E-state index contributed by atoms with van der Waals surface area (Å²) in [4.78, 5) is 4.71. The van der Waals surface area contributed by atoms with Gasteiger partial charge in [-0.2, -0.15) is 0 Å². The van der Waals surface area contributed by atoms with Crippen LogP contribution in [0.5, 0.6) is 0 Å². The van der Waals surface area contributed by atoms with Crippen LogP contribution in [0.1, 0.15) is 47.2 Å². The lowest BCUT2D eigenvalue weighted by atomic mass is 9.89. The van der Waals surface area contributed by atoms with E-state index in [1.54, 1.807) is 0 Å². The minimum Gasteiger partial charge on any atom is -0.259 e. The van der Waals surface area contributed by atoms with Crippen molar-refractivity contribution in [3.05, 3.63) is 62.9 Å². The van der Waals surface area contributed by atoms with Gasteiger partial charge in [-0.05, 0) is 64.9 Å². The second-order valence-corrected chi connectivity index (χ2v) is 6.28. The molecule has 0 fully saturated rings. The Morgan fingerprint density at radius 2 is 2.00 bits per heavy atom. The van der Waals surface area contributed by atoms with Crippen molar-refractivity contribution >= 4 is 15.9 Å². The lowest BCUT2D eigenvalue weighted by Crippen LogP contribution is -2.05. The maximum absolute atomic E-state index is 4.71. The molecule has 3 rings (SSSR count). The number of pyridine rings is 1. The Hall–Kier alpha value is -1.15. The Morgan fingerprint density at radius 3 is 2.79 bits per heavy atom. The lowest BCUT2D eigenvalue weighted by Gasteiger charge is -2.18. The maximum atomic E-state index is 4.71. The molecule has 0 radical (unpaired) electrons. The Kier molecular flexibility index (Phi) is 3.44. The molecular formula is C17H18BrN. The summed E-state index contributed by atoms with van der Waals surface area (Å²) >= 11 is 3.54. The number of aromatic nitrogens is 1. The first-order valence-corrected chi connectivity index (χ1v) is 7.72. The Bertz CT molecular complexity index is 565. The summed E-state index contributed by atoms with van der Waals surface area (Å²) in [6.07, 6.45) is 5.26. The number of hydrogen-bond acceptors (Lipinski definition) is 1. The van der Waals surface area contributed by atoms with E-state index in [1.807, 2.05) is 6.20 Å². The topological polar surface area (TPSA) is 12.9 Å². The Morgan fingerprint density at radius 1 is 1.21 bits per heavy atom. The first-order valence-electron chi connectivity index (χ1n) is 6.92. The predicted molar refractivity (Wildman–Crippen MR) is 82.7 cm³/mol. The molecule has 1 atom stereocenters. The first-order chi connectivity index (χ1) is 9.19. The zero-order valence-electron chi connectivity index (χ0n) is 11.4. The van der Waals surface area contributed by atoms with Crippen LogP contribution in [0.25, 0.3) is 0 Å². The van der Waals surface area contributed by atoms with Crippen LogP contribution in [-0.4, -0.2) is 4.98 Å². The number of hydrogen-bond donors (Lipinski definition) is 0. The summed E-state index contributed by atoms with van der Waals surface area (Å²) in [5, 5.41) is 0. The minimum absolute atomic E-state index is 0.446. The number of halogens is 1. The van der Waals surface area contributed by atoms with Gasteiger partial charge in [0, 0.05) is 16.6 Å².